The van der Waals surface area contributed by atoms with Crippen LogP contribution in [-0.4, -0.2) is 0 Å². The lowest BCUT2D eigenvalue weighted by molar-refractivity contribution is 0.178. The van der Waals surface area contributed by atoms with Gasteiger partial charge in [-0.05, 0) is 79.2 Å². The number of unbranched alkanes of at least 4 members (excludes halogenated alkanes) is 2. The first-order valence-electron chi connectivity index (χ1n) is 13.2. The Morgan fingerprint density at radius 3 is 1.97 bits per heavy atom. The molecule has 29 heavy (non-hydrogen) atoms. The quantitative estimate of drug-likeness (QED) is 0.345. The molecule has 0 aromatic heterocycles. The van der Waals surface area contributed by atoms with Gasteiger partial charge >= 0.3 is 0 Å². The van der Waals surface area contributed by atoms with E-state index in [0.717, 1.165) is 17.8 Å². The Morgan fingerprint density at radius 1 is 0.759 bits per heavy atom. The summed E-state index contributed by atoms with van der Waals surface area (Å²) < 4.78 is 0. The van der Waals surface area contributed by atoms with E-state index in [1.54, 1.807) is 11.1 Å². The third kappa shape index (κ3) is 7.15. The van der Waals surface area contributed by atoms with Crippen molar-refractivity contribution in [2.75, 3.05) is 0 Å². The molecule has 3 rings (SSSR count). The van der Waals surface area contributed by atoms with Crippen molar-refractivity contribution >= 4 is 0 Å². The highest BCUT2D eigenvalue weighted by molar-refractivity contribution is 5.26. The van der Waals surface area contributed by atoms with E-state index in [0.29, 0.717) is 5.41 Å². The summed E-state index contributed by atoms with van der Waals surface area (Å²) in [5, 5.41) is 0. The minimum atomic E-state index is 0.627. The molecule has 0 unspecified atom stereocenters. The topological polar surface area (TPSA) is 0 Å². The summed E-state index contributed by atoms with van der Waals surface area (Å²) in [4.78, 5) is 0. The number of hydrogen-bond acceptors (Lipinski definition) is 0. The zero-order valence-electron chi connectivity index (χ0n) is 19.9. The van der Waals surface area contributed by atoms with E-state index in [4.69, 9.17) is 0 Å². The number of hydrogen-bond donors (Lipinski definition) is 0. The number of benzene rings is 1. The van der Waals surface area contributed by atoms with Crippen LogP contribution in [0.4, 0.5) is 0 Å². The van der Waals surface area contributed by atoms with Gasteiger partial charge in [0.15, 0.2) is 0 Å². The number of aryl methyl sites for hydroxylation is 1. The molecule has 2 aliphatic rings. The van der Waals surface area contributed by atoms with Crippen LogP contribution >= 0.6 is 0 Å². The molecule has 0 heterocycles. The number of rotatable bonds is 10. The van der Waals surface area contributed by atoms with Crippen molar-refractivity contribution in [3.63, 3.8) is 0 Å². The van der Waals surface area contributed by atoms with Crippen LogP contribution in [0.5, 0.6) is 0 Å². The molecule has 0 radical (unpaired) electrons. The molecule has 1 aromatic rings. The van der Waals surface area contributed by atoms with E-state index in [2.05, 4.69) is 45.0 Å². The lowest BCUT2D eigenvalue weighted by Crippen LogP contribution is -2.23. The predicted octanol–water partition coefficient (Wildman–Crippen LogP) is 9.47. The van der Waals surface area contributed by atoms with E-state index < -0.39 is 0 Å². The maximum Gasteiger partial charge on any atom is -0.0162 e. The molecule has 0 bridgehead atoms. The second-order valence-corrected chi connectivity index (χ2v) is 11.0. The van der Waals surface area contributed by atoms with Crippen LogP contribution in [0.15, 0.2) is 24.3 Å². The summed E-state index contributed by atoms with van der Waals surface area (Å²) in [6.45, 7) is 7.22. The molecule has 0 nitrogen and oxygen atoms in total. The average Bonchev–Trinajstić information content (AvgIpc) is 2.75. The smallest absolute Gasteiger partial charge is 0.0162 e. The second-order valence-electron chi connectivity index (χ2n) is 11.0. The standard InChI is InChI=1S/C29H48/c1-4-6-7-21-29(3)22-19-28(20-23-29)27-17-15-26(16-18-27)14-13-25-11-9-24(8-5-2)10-12-25/h15-18,24-25,28H,4-14,19-23H2,1-3H3. The SMILES string of the molecule is CCCCCC1(C)CCC(c2ccc(CCC3CCC(CCC)CC3)cc2)CC1. The zero-order chi connectivity index (χ0) is 20.5. The summed E-state index contributed by atoms with van der Waals surface area (Å²) in [5.41, 5.74) is 3.82. The van der Waals surface area contributed by atoms with Crippen molar-refractivity contribution in [2.45, 2.75) is 129 Å². The fraction of sp³-hybridized carbons (Fsp3) is 0.793. The molecule has 0 spiro atoms. The van der Waals surface area contributed by atoms with Crippen molar-refractivity contribution in [3.05, 3.63) is 35.4 Å². The summed E-state index contributed by atoms with van der Waals surface area (Å²) in [6.07, 6.45) is 22.9. The van der Waals surface area contributed by atoms with E-state index in [9.17, 15) is 0 Å². The van der Waals surface area contributed by atoms with Crippen LogP contribution < -0.4 is 0 Å². The first-order chi connectivity index (χ1) is 14.1. The first kappa shape index (κ1) is 22.9. The van der Waals surface area contributed by atoms with Crippen molar-refractivity contribution in [3.8, 4) is 0 Å². The molecule has 2 aliphatic carbocycles. The van der Waals surface area contributed by atoms with Gasteiger partial charge in [0.2, 0.25) is 0 Å². The second kappa shape index (κ2) is 11.6. The van der Waals surface area contributed by atoms with Crippen molar-refractivity contribution < 1.29 is 0 Å². The van der Waals surface area contributed by atoms with Crippen LogP contribution in [0.2, 0.25) is 0 Å². The summed E-state index contributed by atoms with van der Waals surface area (Å²) in [5.74, 6) is 2.85. The normalized spacial score (nSPS) is 30.4. The van der Waals surface area contributed by atoms with Crippen LogP contribution in [0.3, 0.4) is 0 Å². The van der Waals surface area contributed by atoms with E-state index in [1.807, 2.05) is 0 Å². The van der Waals surface area contributed by atoms with Gasteiger partial charge in [-0.25, -0.2) is 0 Å². The molecule has 0 aliphatic heterocycles. The van der Waals surface area contributed by atoms with E-state index in [1.165, 1.54) is 103 Å². The Bertz CT molecular complexity index is 552. The van der Waals surface area contributed by atoms with Gasteiger partial charge in [-0.3, -0.25) is 0 Å². The Labute approximate surface area is 182 Å². The molecule has 0 atom stereocenters. The van der Waals surface area contributed by atoms with Crippen LogP contribution in [0.1, 0.15) is 134 Å². The Kier molecular flexibility index (Phi) is 9.13. The van der Waals surface area contributed by atoms with Gasteiger partial charge in [-0.1, -0.05) is 103 Å². The van der Waals surface area contributed by atoms with Crippen molar-refractivity contribution in [2.24, 2.45) is 17.3 Å². The molecule has 164 valence electrons. The average molecular weight is 397 g/mol. The van der Waals surface area contributed by atoms with E-state index in [-0.39, 0.29) is 0 Å². The monoisotopic (exact) mass is 396 g/mol. The van der Waals surface area contributed by atoms with Crippen molar-refractivity contribution in [1.82, 2.24) is 0 Å². The van der Waals surface area contributed by atoms with E-state index >= 15 is 0 Å². The predicted molar refractivity (Wildman–Crippen MR) is 129 cm³/mol. The maximum atomic E-state index is 2.55. The van der Waals surface area contributed by atoms with Gasteiger partial charge < -0.3 is 0 Å². The van der Waals surface area contributed by atoms with Crippen LogP contribution in [0, 0.1) is 17.3 Å². The molecule has 0 saturated heterocycles. The molecule has 2 fully saturated rings. The molecule has 0 heteroatoms. The summed E-state index contributed by atoms with van der Waals surface area (Å²) in [7, 11) is 0. The molecule has 1 aromatic carbocycles. The molecule has 0 amide bonds. The highest BCUT2D eigenvalue weighted by atomic mass is 14.4. The van der Waals surface area contributed by atoms with Gasteiger partial charge in [0.25, 0.3) is 0 Å². The zero-order valence-corrected chi connectivity index (χ0v) is 19.9. The van der Waals surface area contributed by atoms with Crippen LogP contribution in [0.25, 0.3) is 0 Å². The third-order valence-electron chi connectivity index (χ3n) is 8.53. The van der Waals surface area contributed by atoms with Gasteiger partial charge in [0, 0.05) is 0 Å². The third-order valence-corrected chi connectivity index (χ3v) is 8.53. The van der Waals surface area contributed by atoms with Crippen LogP contribution in [-0.2, 0) is 6.42 Å². The van der Waals surface area contributed by atoms with Gasteiger partial charge in [-0.2, -0.15) is 0 Å². The minimum absolute atomic E-state index is 0.627. The summed E-state index contributed by atoms with van der Waals surface area (Å²) in [6, 6.07) is 9.84. The highest BCUT2D eigenvalue weighted by Gasteiger charge is 2.31. The Morgan fingerprint density at radius 2 is 1.38 bits per heavy atom. The fourth-order valence-corrected chi connectivity index (χ4v) is 6.24. The Hall–Kier alpha value is -0.780. The summed E-state index contributed by atoms with van der Waals surface area (Å²) >= 11 is 0. The minimum Gasteiger partial charge on any atom is -0.0654 e. The Balaban J connectivity index is 1.39. The lowest BCUT2D eigenvalue weighted by atomic mass is 9.68. The molecule has 2 saturated carbocycles. The maximum absolute atomic E-state index is 2.55. The van der Waals surface area contributed by atoms with Gasteiger partial charge in [-0.15, -0.1) is 0 Å². The molecular weight excluding hydrogens is 348 g/mol. The fourth-order valence-electron chi connectivity index (χ4n) is 6.24. The molecule has 0 N–H and O–H groups in total. The largest absolute Gasteiger partial charge is 0.0654 e. The first-order valence-corrected chi connectivity index (χ1v) is 13.2. The highest BCUT2D eigenvalue weighted by Crippen LogP contribution is 2.45. The van der Waals surface area contributed by atoms with Gasteiger partial charge in [0.05, 0.1) is 0 Å². The lowest BCUT2D eigenvalue weighted by Gasteiger charge is -2.38. The molecular formula is C29H48. The van der Waals surface area contributed by atoms with Gasteiger partial charge in [0.1, 0.15) is 0 Å². The van der Waals surface area contributed by atoms with Crippen molar-refractivity contribution in [1.29, 1.82) is 0 Å².